The third-order valence-corrected chi connectivity index (χ3v) is 24.7. The standard InChI is InChI=1S/C86H154N4O38/c1-6-8-10-12-14-16-18-20-21-22-23-25-27-29-31-33-35-37-58(101)90-49(50(100)36-34-32-30-28-26-24-19-17-15-13-11-9-7-2)44-115-83-71(111)69(109)77(55(42-95)121-83)126-86-74(114)79(128-85-73(113)78(64(104)53(40-93)119-85)127-82-60(88-47(4)98)67(107)63(103)52(39-92)118-82)65(105)57(123-86)45-116-80-61(89-48(5)99)68(108)75(54(41-94)120-80)125-84-72(112)70(110)76(56(43-96)122-84)124-81-59(87-46(3)97)66(106)62(102)51(38-91)117-81/h34,36,49-57,59-86,91-96,100,102-114H,6-33,35,37-45H2,1-5H3,(H,87,97)(H,88,98)(H,89,99)(H,90,101)/b36-34+/t49-,50+,51?,52?,53?,54?,55?,56?,57?,59?,60?,61?,62-,63-,64-,65-,66+,67+,68+,69+,70+,71?,72?,73?,74?,75+,76-,77+,78-,79-,80+,81-,82-,83+,84-,85+,86-/m0/s1. The number of rotatable bonds is 58. The van der Waals surface area contributed by atoms with Gasteiger partial charge in [-0.2, -0.15) is 0 Å². The van der Waals surface area contributed by atoms with Crippen LogP contribution in [0.1, 0.15) is 227 Å². The molecule has 0 bridgehead atoms. The quantitative estimate of drug-likeness (QED) is 0.0206. The Kier molecular flexibility index (Phi) is 51.0. The van der Waals surface area contributed by atoms with Crippen LogP contribution in [0.2, 0.25) is 0 Å². The molecule has 0 aromatic carbocycles. The average molecular weight is 1850 g/mol. The van der Waals surface area contributed by atoms with Crippen LogP contribution in [-0.2, 0) is 85.5 Å². The Morgan fingerprint density at radius 3 is 1.03 bits per heavy atom. The van der Waals surface area contributed by atoms with E-state index in [2.05, 4.69) is 35.1 Å². The second kappa shape index (κ2) is 58.6. The third-order valence-electron chi connectivity index (χ3n) is 24.7. The van der Waals surface area contributed by atoms with Crippen LogP contribution in [-0.4, -0.2) is 406 Å². The maximum absolute atomic E-state index is 13.7. The zero-order valence-corrected chi connectivity index (χ0v) is 74.7. The summed E-state index contributed by atoms with van der Waals surface area (Å²) in [7, 11) is 0. The third kappa shape index (κ3) is 33.3. The number of unbranched alkanes of at least 4 members (excludes halogenated alkanes) is 27. The molecule has 7 rings (SSSR count). The van der Waals surface area contributed by atoms with E-state index in [-0.39, 0.29) is 12.3 Å². The largest absolute Gasteiger partial charge is 0.394 e. The molecule has 7 fully saturated rings. The van der Waals surface area contributed by atoms with Crippen molar-refractivity contribution in [1.29, 1.82) is 0 Å². The number of ether oxygens (including phenoxy) is 14. The summed E-state index contributed by atoms with van der Waals surface area (Å²) in [5.41, 5.74) is 0. The van der Waals surface area contributed by atoms with E-state index in [1.807, 2.05) is 6.08 Å². The smallest absolute Gasteiger partial charge is 0.220 e. The summed E-state index contributed by atoms with van der Waals surface area (Å²) in [5.74, 6) is -2.81. The van der Waals surface area contributed by atoms with Crippen molar-refractivity contribution in [2.75, 3.05) is 52.9 Å². The Balaban J connectivity index is 1.08. The minimum atomic E-state index is -2.39. The summed E-state index contributed by atoms with van der Waals surface area (Å²) in [6.07, 6.45) is -28.4. The first-order chi connectivity index (χ1) is 61.4. The number of allylic oxidation sites excluding steroid dienone is 1. The van der Waals surface area contributed by atoms with Crippen LogP contribution in [0.25, 0.3) is 0 Å². The van der Waals surface area contributed by atoms with Crippen LogP contribution < -0.4 is 21.3 Å². The van der Waals surface area contributed by atoms with Gasteiger partial charge in [-0.25, -0.2) is 0 Å². The highest BCUT2D eigenvalue weighted by Crippen LogP contribution is 2.39. The van der Waals surface area contributed by atoms with E-state index in [4.69, 9.17) is 66.3 Å². The molecule has 0 saturated carbocycles. The number of amides is 4. The monoisotopic (exact) mass is 1850 g/mol. The van der Waals surface area contributed by atoms with Gasteiger partial charge in [0.2, 0.25) is 23.6 Å². The second-order valence-corrected chi connectivity index (χ2v) is 34.9. The van der Waals surface area contributed by atoms with E-state index in [1.54, 1.807) is 6.08 Å². The fraction of sp³-hybridized carbons (Fsp3) is 0.930. The van der Waals surface area contributed by atoms with E-state index in [0.29, 0.717) is 12.8 Å². The van der Waals surface area contributed by atoms with Gasteiger partial charge in [-0.1, -0.05) is 193 Å². The molecular formula is C86H154N4O38. The van der Waals surface area contributed by atoms with Crippen LogP contribution in [0.4, 0.5) is 0 Å². The second-order valence-electron chi connectivity index (χ2n) is 34.9. The Morgan fingerprint density at radius 2 is 0.617 bits per heavy atom. The first-order valence-electron chi connectivity index (χ1n) is 46.5. The normalized spacial score (nSPS) is 37.6. The van der Waals surface area contributed by atoms with Gasteiger partial charge in [0, 0.05) is 27.2 Å². The van der Waals surface area contributed by atoms with Crippen molar-refractivity contribution in [3.8, 4) is 0 Å². The molecule has 746 valence electrons. The molecule has 42 heteroatoms. The van der Waals surface area contributed by atoms with Gasteiger partial charge in [-0.15, -0.1) is 0 Å². The average Bonchev–Trinajstić information content (AvgIpc) is 0.766. The SMILES string of the molecule is CCCCCCCCCCCCC/C=C/[C@@H](O)[C@H](CO[C@@H]1OC(CO)[C@@H](O[C@@H]2OC(CO[C@@H]3OC(CO)[C@@H](O[C@@H]4OC(CO)[C@H](O[C@@H]5OC(CO)[C@H](O)[C@H](O)C5NC(C)=O)[C@H](O)C4O)[C@H](O)C3NC(C)=O)[C@H](O)[C@H](O[C@H]3OC(CO)[C@H](O)[C@H](O[C@@H]4OC(CO)[C@H](O)[C@H](O)C4NC(C)=O)C3O)C2O)[C@H](O)C1O)NC(=O)CCCCCCCCCCCCCCCCCCC. The van der Waals surface area contributed by atoms with Gasteiger partial charge < -0.3 is 190 Å². The van der Waals surface area contributed by atoms with Crippen LogP contribution in [0, 0.1) is 0 Å². The molecular weight excluding hydrogens is 1700 g/mol. The van der Waals surface area contributed by atoms with Crippen LogP contribution >= 0.6 is 0 Å². The van der Waals surface area contributed by atoms with Crippen molar-refractivity contribution < 1.29 is 188 Å². The topological polar surface area (TPSA) is 650 Å². The summed E-state index contributed by atoms with van der Waals surface area (Å²) in [5, 5.41) is 236. The number of aliphatic hydroxyl groups excluding tert-OH is 20. The van der Waals surface area contributed by atoms with Crippen molar-refractivity contribution in [1.82, 2.24) is 21.3 Å². The predicted molar refractivity (Wildman–Crippen MR) is 447 cm³/mol. The predicted octanol–water partition coefficient (Wildman–Crippen LogP) is -3.68. The van der Waals surface area contributed by atoms with Gasteiger partial charge in [0.15, 0.2) is 44.0 Å². The Bertz CT molecular complexity index is 3100. The van der Waals surface area contributed by atoms with E-state index < -0.39 is 297 Å². The van der Waals surface area contributed by atoms with Crippen LogP contribution in [0.15, 0.2) is 12.2 Å². The summed E-state index contributed by atoms with van der Waals surface area (Å²) < 4.78 is 83.7. The van der Waals surface area contributed by atoms with Gasteiger partial charge in [0.05, 0.1) is 65.0 Å². The van der Waals surface area contributed by atoms with E-state index >= 15 is 0 Å². The molecule has 0 aliphatic carbocycles. The molecule has 0 radical (unpaired) electrons. The Hall–Kier alpha value is -3.74. The molecule has 14 unspecified atom stereocenters. The number of carbonyl (C=O) groups excluding carboxylic acids is 4. The van der Waals surface area contributed by atoms with Crippen molar-refractivity contribution in [2.24, 2.45) is 0 Å². The molecule has 7 aliphatic heterocycles. The summed E-state index contributed by atoms with van der Waals surface area (Å²) in [4.78, 5) is 51.4. The fourth-order valence-electron chi connectivity index (χ4n) is 17.2. The highest BCUT2D eigenvalue weighted by Gasteiger charge is 2.59. The van der Waals surface area contributed by atoms with Crippen molar-refractivity contribution in [3.63, 3.8) is 0 Å². The van der Waals surface area contributed by atoms with Gasteiger partial charge in [0.25, 0.3) is 0 Å². The molecule has 0 aromatic heterocycles. The number of carbonyl (C=O) groups is 4. The van der Waals surface area contributed by atoms with Crippen molar-refractivity contribution in [3.05, 3.63) is 12.2 Å². The van der Waals surface area contributed by atoms with Crippen molar-refractivity contribution >= 4 is 23.6 Å². The molecule has 7 saturated heterocycles. The maximum atomic E-state index is 13.7. The lowest BCUT2D eigenvalue weighted by Crippen LogP contribution is -2.69. The number of nitrogens with one attached hydrogen (secondary N) is 4. The minimum absolute atomic E-state index is 0.125. The van der Waals surface area contributed by atoms with Gasteiger partial charge in [-0.05, 0) is 19.3 Å². The lowest BCUT2D eigenvalue weighted by Gasteiger charge is -2.50. The first-order valence-corrected chi connectivity index (χ1v) is 46.5. The summed E-state index contributed by atoms with van der Waals surface area (Å²) in [6.45, 7) is -0.0863. The van der Waals surface area contributed by atoms with Crippen LogP contribution in [0.5, 0.6) is 0 Å². The molecule has 24 N–H and O–H groups in total. The summed E-state index contributed by atoms with van der Waals surface area (Å²) >= 11 is 0. The highest BCUT2D eigenvalue weighted by molar-refractivity contribution is 5.76. The Morgan fingerprint density at radius 1 is 0.312 bits per heavy atom. The van der Waals surface area contributed by atoms with Crippen LogP contribution in [0.3, 0.4) is 0 Å². The molecule has 37 atom stereocenters. The molecule has 42 nitrogen and oxygen atoms in total. The molecule has 0 aromatic rings. The van der Waals surface area contributed by atoms with Gasteiger partial charge >= 0.3 is 0 Å². The number of hydrogen-bond donors (Lipinski definition) is 24. The number of hydrogen-bond acceptors (Lipinski definition) is 38. The summed E-state index contributed by atoms with van der Waals surface area (Å²) in [6, 6.07) is -6.21. The van der Waals surface area contributed by atoms with Crippen molar-refractivity contribution in [2.45, 2.75) is 454 Å². The first kappa shape index (κ1) is 111. The molecule has 128 heavy (non-hydrogen) atoms. The van der Waals surface area contributed by atoms with E-state index in [1.165, 1.54) is 109 Å². The lowest BCUT2D eigenvalue weighted by atomic mass is 9.94. The van der Waals surface area contributed by atoms with E-state index in [0.717, 1.165) is 85.0 Å². The molecule has 4 amide bonds. The van der Waals surface area contributed by atoms with E-state index in [9.17, 15) is 121 Å². The van der Waals surface area contributed by atoms with Gasteiger partial charge in [-0.3, -0.25) is 19.2 Å². The lowest BCUT2D eigenvalue weighted by molar-refractivity contribution is -0.391. The fourth-order valence-corrected chi connectivity index (χ4v) is 17.2. The Labute approximate surface area is 748 Å². The highest BCUT2D eigenvalue weighted by atomic mass is 16.8. The molecule has 0 spiro atoms. The minimum Gasteiger partial charge on any atom is -0.394 e. The zero-order chi connectivity index (χ0) is 93.7. The zero-order valence-electron chi connectivity index (χ0n) is 74.7. The number of aliphatic hydroxyl groups is 20. The molecule has 7 aliphatic rings. The maximum Gasteiger partial charge on any atom is 0.220 e. The van der Waals surface area contributed by atoms with Gasteiger partial charge in [0.1, 0.15) is 171 Å². The molecule has 7 heterocycles.